The third-order valence-corrected chi connectivity index (χ3v) is 4.98. The van der Waals surface area contributed by atoms with Crippen LogP contribution in [-0.2, 0) is 11.2 Å². The van der Waals surface area contributed by atoms with E-state index in [1.165, 1.54) is 0 Å². The number of nitrogens with zero attached hydrogens (tertiary/aromatic N) is 1. The highest BCUT2D eigenvalue weighted by molar-refractivity contribution is 5.88. The van der Waals surface area contributed by atoms with E-state index in [4.69, 9.17) is 0 Å². The van der Waals surface area contributed by atoms with E-state index in [2.05, 4.69) is 36.1 Å². The van der Waals surface area contributed by atoms with Crippen LogP contribution in [0.3, 0.4) is 0 Å². The molecule has 4 nitrogen and oxygen atoms in total. The number of carbonyl (C=O) groups excluding carboxylic acids is 1. The Kier molecular flexibility index (Phi) is 4.28. The number of fused-ring (bicyclic) bond motifs is 1. The Bertz CT molecular complexity index is 657. The topological polar surface area (TPSA) is 57.8 Å². The van der Waals surface area contributed by atoms with Gasteiger partial charge in [0.2, 0.25) is 0 Å². The molecule has 0 aliphatic carbocycles. The standard InChI is InChI=1S/C19H27N3O/c1-18(2,3)6-7-19(8-10-20-13-19)17(23)12-14-11-16-15(22-14)5-4-9-21-16/h4-5,9,11,20,22H,6-8,10,12-13H2,1-3H3. The molecule has 1 unspecified atom stereocenters. The summed E-state index contributed by atoms with van der Waals surface area (Å²) < 4.78 is 0. The molecule has 0 radical (unpaired) electrons. The van der Waals surface area contributed by atoms with E-state index in [0.717, 1.165) is 49.1 Å². The van der Waals surface area contributed by atoms with Gasteiger partial charge in [0.15, 0.2) is 0 Å². The maximum absolute atomic E-state index is 13.0. The second-order valence-corrected chi connectivity index (χ2v) is 8.10. The maximum atomic E-state index is 13.0. The number of pyridine rings is 1. The van der Waals surface area contributed by atoms with E-state index in [1.807, 2.05) is 18.2 Å². The summed E-state index contributed by atoms with van der Waals surface area (Å²) in [6.07, 6.45) is 5.27. The number of Topliss-reactive ketones (excluding diaryl/α,β-unsaturated/α-hetero) is 1. The van der Waals surface area contributed by atoms with Crippen LogP contribution < -0.4 is 5.32 Å². The summed E-state index contributed by atoms with van der Waals surface area (Å²) in [4.78, 5) is 20.7. The van der Waals surface area contributed by atoms with E-state index in [1.54, 1.807) is 6.20 Å². The van der Waals surface area contributed by atoms with Crippen LogP contribution >= 0.6 is 0 Å². The van der Waals surface area contributed by atoms with Crippen molar-refractivity contribution in [1.82, 2.24) is 15.3 Å². The molecule has 0 aromatic carbocycles. The minimum atomic E-state index is -0.196. The van der Waals surface area contributed by atoms with Gasteiger partial charge < -0.3 is 10.3 Å². The zero-order chi connectivity index (χ0) is 16.5. The first-order chi connectivity index (χ1) is 10.9. The normalized spacial score (nSPS) is 21.9. The SMILES string of the molecule is CC(C)(C)CCC1(C(=O)Cc2cc3ncccc3[nH]2)CCNC1. The van der Waals surface area contributed by atoms with Crippen molar-refractivity contribution in [3.05, 3.63) is 30.1 Å². The second-order valence-electron chi connectivity index (χ2n) is 8.10. The Morgan fingerprint density at radius 1 is 1.39 bits per heavy atom. The molecule has 1 saturated heterocycles. The van der Waals surface area contributed by atoms with Gasteiger partial charge in [-0.3, -0.25) is 9.78 Å². The largest absolute Gasteiger partial charge is 0.357 e. The van der Waals surface area contributed by atoms with Crippen LogP contribution in [0.25, 0.3) is 11.0 Å². The molecular weight excluding hydrogens is 286 g/mol. The first-order valence-corrected chi connectivity index (χ1v) is 8.55. The molecule has 2 aromatic rings. The molecule has 0 amide bonds. The monoisotopic (exact) mass is 313 g/mol. The van der Waals surface area contributed by atoms with Crippen molar-refractivity contribution in [3.63, 3.8) is 0 Å². The predicted octanol–water partition coefficient (Wildman–Crippen LogP) is 3.48. The smallest absolute Gasteiger partial charge is 0.146 e. The molecule has 0 spiro atoms. The van der Waals surface area contributed by atoms with Crippen molar-refractivity contribution >= 4 is 16.8 Å². The zero-order valence-electron chi connectivity index (χ0n) is 14.4. The highest BCUT2D eigenvalue weighted by atomic mass is 16.1. The van der Waals surface area contributed by atoms with Gasteiger partial charge in [-0.05, 0) is 49.4 Å². The lowest BCUT2D eigenvalue weighted by atomic mass is 9.73. The minimum Gasteiger partial charge on any atom is -0.357 e. The van der Waals surface area contributed by atoms with Crippen LogP contribution in [0.4, 0.5) is 0 Å². The number of ketones is 1. The second kappa shape index (κ2) is 6.08. The van der Waals surface area contributed by atoms with Crippen molar-refractivity contribution in [1.29, 1.82) is 0 Å². The van der Waals surface area contributed by atoms with Crippen LogP contribution in [0.15, 0.2) is 24.4 Å². The van der Waals surface area contributed by atoms with Crippen molar-refractivity contribution in [3.8, 4) is 0 Å². The molecule has 0 saturated carbocycles. The molecule has 1 aliphatic rings. The number of hydrogen-bond acceptors (Lipinski definition) is 3. The van der Waals surface area contributed by atoms with Crippen LogP contribution in [0.1, 0.15) is 45.7 Å². The Balaban J connectivity index is 1.75. The van der Waals surface area contributed by atoms with Gasteiger partial charge in [0.1, 0.15) is 5.78 Å². The lowest BCUT2D eigenvalue weighted by molar-refractivity contribution is -0.127. The van der Waals surface area contributed by atoms with Gasteiger partial charge >= 0.3 is 0 Å². The summed E-state index contributed by atoms with van der Waals surface area (Å²) in [7, 11) is 0. The van der Waals surface area contributed by atoms with Gasteiger partial charge in [-0.15, -0.1) is 0 Å². The molecule has 1 fully saturated rings. The molecule has 124 valence electrons. The molecule has 0 bridgehead atoms. The molecule has 2 aromatic heterocycles. The van der Waals surface area contributed by atoms with Gasteiger partial charge in [0, 0.05) is 30.3 Å². The number of hydrogen-bond donors (Lipinski definition) is 2. The molecule has 1 aliphatic heterocycles. The molecule has 4 heteroatoms. The Morgan fingerprint density at radius 2 is 2.22 bits per heavy atom. The van der Waals surface area contributed by atoms with Gasteiger partial charge in [-0.25, -0.2) is 0 Å². The van der Waals surface area contributed by atoms with Crippen LogP contribution in [0.5, 0.6) is 0 Å². The maximum Gasteiger partial charge on any atom is 0.146 e. The third-order valence-electron chi connectivity index (χ3n) is 4.98. The van der Waals surface area contributed by atoms with E-state index in [0.29, 0.717) is 12.2 Å². The summed E-state index contributed by atoms with van der Waals surface area (Å²) in [6, 6.07) is 5.92. The van der Waals surface area contributed by atoms with Crippen LogP contribution in [0, 0.1) is 10.8 Å². The van der Waals surface area contributed by atoms with E-state index < -0.39 is 0 Å². The predicted molar refractivity (Wildman–Crippen MR) is 93.4 cm³/mol. The Labute approximate surface area is 138 Å². The highest BCUT2D eigenvalue weighted by Crippen LogP contribution is 2.37. The fourth-order valence-electron chi connectivity index (χ4n) is 3.42. The lowest BCUT2D eigenvalue weighted by Gasteiger charge is -2.30. The van der Waals surface area contributed by atoms with Gasteiger partial charge in [0.05, 0.1) is 11.0 Å². The Hall–Kier alpha value is -1.68. The Morgan fingerprint density at radius 3 is 2.87 bits per heavy atom. The highest BCUT2D eigenvalue weighted by Gasteiger charge is 2.41. The number of aromatic amines is 1. The van der Waals surface area contributed by atoms with Crippen molar-refractivity contribution < 1.29 is 4.79 Å². The molecular formula is C19H27N3O. The molecule has 1 atom stereocenters. The lowest BCUT2D eigenvalue weighted by Crippen LogP contribution is -2.35. The molecule has 23 heavy (non-hydrogen) atoms. The summed E-state index contributed by atoms with van der Waals surface area (Å²) in [5.41, 5.74) is 2.98. The van der Waals surface area contributed by atoms with Crippen molar-refractivity contribution in [2.24, 2.45) is 10.8 Å². The zero-order valence-corrected chi connectivity index (χ0v) is 14.4. The fraction of sp³-hybridized carbons (Fsp3) is 0.579. The minimum absolute atomic E-state index is 0.196. The van der Waals surface area contributed by atoms with E-state index in [9.17, 15) is 4.79 Å². The molecule has 3 rings (SSSR count). The van der Waals surface area contributed by atoms with Gasteiger partial charge in [0.25, 0.3) is 0 Å². The number of carbonyl (C=O) groups is 1. The molecule has 2 N–H and O–H groups in total. The van der Waals surface area contributed by atoms with Crippen molar-refractivity contribution in [2.75, 3.05) is 13.1 Å². The van der Waals surface area contributed by atoms with E-state index in [-0.39, 0.29) is 10.8 Å². The average molecular weight is 313 g/mol. The van der Waals surface area contributed by atoms with Crippen LogP contribution in [0.2, 0.25) is 0 Å². The number of aromatic nitrogens is 2. The van der Waals surface area contributed by atoms with E-state index >= 15 is 0 Å². The fourth-order valence-corrected chi connectivity index (χ4v) is 3.42. The molecule has 3 heterocycles. The number of H-pyrrole nitrogens is 1. The summed E-state index contributed by atoms with van der Waals surface area (Å²) in [6.45, 7) is 8.51. The number of rotatable bonds is 5. The first kappa shape index (κ1) is 16.2. The third kappa shape index (κ3) is 3.63. The van der Waals surface area contributed by atoms with Crippen LogP contribution in [-0.4, -0.2) is 28.8 Å². The van der Waals surface area contributed by atoms with Gasteiger partial charge in [-0.2, -0.15) is 0 Å². The van der Waals surface area contributed by atoms with Gasteiger partial charge in [-0.1, -0.05) is 20.8 Å². The summed E-state index contributed by atoms with van der Waals surface area (Å²) >= 11 is 0. The number of nitrogens with one attached hydrogen (secondary N) is 2. The summed E-state index contributed by atoms with van der Waals surface area (Å²) in [5, 5.41) is 3.40. The van der Waals surface area contributed by atoms with Crippen molar-refractivity contribution in [2.45, 2.75) is 46.5 Å². The summed E-state index contributed by atoms with van der Waals surface area (Å²) in [5.74, 6) is 0.360. The first-order valence-electron chi connectivity index (χ1n) is 8.55. The average Bonchev–Trinajstić information content (AvgIpc) is 3.11. The quantitative estimate of drug-likeness (QED) is 0.888.